The van der Waals surface area contributed by atoms with E-state index >= 15 is 0 Å². The zero-order valence-electron chi connectivity index (χ0n) is 28.5. The predicted octanol–water partition coefficient (Wildman–Crippen LogP) is 10.3. The summed E-state index contributed by atoms with van der Waals surface area (Å²) in [7, 11) is 0. The van der Waals surface area contributed by atoms with Gasteiger partial charge in [0.25, 0.3) is 0 Å². The number of hydrogen-bond acceptors (Lipinski definition) is 4. The first-order valence-electron chi connectivity index (χ1n) is 15.8. The number of carbonyl (C=O) groups excluding carboxylic acids is 1. The number of rotatable bonds is 7. The number of nitriles is 1. The molecule has 0 saturated heterocycles. The third-order valence-corrected chi connectivity index (χ3v) is 13.5. The van der Waals surface area contributed by atoms with Gasteiger partial charge in [-0.05, 0) is 12.8 Å². The molecule has 0 fully saturated rings. The maximum atomic E-state index is 11.8. The molecule has 5 rings (SSSR count). The Labute approximate surface area is 290 Å². The van der Waals surface area contributed by atoms with Gasteiger partial charge in [0.15, 0.2) is 5.78 Å². The molecule has 6 heteroatoms. The van der Waals surface area contributed by atoms with Gasteiger partial charge in [-0.3, -0.25) is 4.79 Å². The van der Waals surface area contributed by atoms with Crippen LogP contribution in [0.3, 0.4) is 0 Å². The average Bonchev–Trinajstić information content (AvgIpc) is 3.03. The normalized spacial score (nSPS) is 12.3. The molecule has 0 unspecified atom stereocenters. The van der Waals surface area contributed by atoms with Crippen molar-refractivity contribution in [3.8, 4) is 17.3 Å². The van der Waals surface area contributed by atoms with E-state index in [1.807, 2.05) is 78.1 Å². The number of hydrogen-bond donors (Lipinski definition) is 1. The van der Waals surface area contributed by atoms with Crippen molar-refractivity contribution >= 4 is 55.8 Å². The molecule has 46 heavy (non-hydrogen) atoms. The van der Waals surface area contributed by atoms with Gasteiger partial charge in [-0.2, -0.15) is 0 Å². The van der Waals surface area contributed by atoms with E-state index in [0.717, 1.165) is 40.3 Å². The van der Waals surface area contributed by atoms with Crippen molar-refractivity contribution in [2.45, 2.75) is 71.7 Å². The summed E-state index contributed by atoms with van der Waals surface area (Å²) in [6.07, 6.45) is 4.86. The van der Waals surface area contributed by atoms with Crippen LogP contribution < -0.4 is 4.40 Å². The van der Waals surface area contributed by atoms with Crippen LogP contribution in [0.1, 0.15) is 59.9 Å². The second kappa shape index (κ2) is 14.6. The Kier molecular flexibility index (Phi) is 11.8. The molecule has 0 saturated carbocycles. The second-order valence-electron chi connectivity index (χ2n) is 14.1. The quantitative estimate of drug-likeness (QED) is 0.0582. The fourth-order valence-corrected chi connectivity index (χ4v) is 8.62. The van der Waals surface area contributed by atoms with Crippen molar-refractivity contribution in [1.29, 1.82) is 5.26 Å². The molecule has 5 aromatic rings. The number of aliphatic hydroxyl groups excluding tert-OH is 1. The standard InChI is InChI=1S/C27H21GeN2.C13H24O2.Ir/c1-28(2,3)26-10-6-9-22-23-13-14-30-27(25(23)12-11-24(22)26)19-15-18-7-4-5-8-21(18)20(16-19)17-29;1-7-12(3,4)10(14)9-11(15)13(5,6)8-2;/h4-14,16H,1-3H3;9,14H,7-8H2,1-6H3;/q-1;;/b;10-9-;. The summed E-state index contributed by atoms with van der Waals surface area (Å²) in [4.78, 5) is 16.5. The van der Waals surface area contributed by atoms with E-state index < -0.39 is 13.3 Å². The van der Waals surface area contributed by atoms with Crippen LogP contribution in [0.2, 0.25) is 17.3 Å². The molecule has 1 heterocycles. The van der Waals surface area contributed by atoms with E-state index in [-0.39, 0.29) is 42.5 Å². The monoisotopic (exact) mass is 852 g/mol. The molecule has 0 aliphatic carbocycles. The summed E-state index contributed by atoms with van der Waals surface area (Å²) in [6.45, 7) is 11.7. The van der Waals surface area contributed by atoms with Crippen LogP contribution in [0.25, 0.3) is 43.6 Å². The summed E-state index contributed by atoms with van der Waals surface area (Å²) < 4.78 is 1.52. The van der Waals surface area contributed by atoms with E-state index in [1.54, 1.807) is 0 Å². The molecule has 0 amide bonds. The molecule has 1 N–H and O–H groups in total. The minimum absolute atomic E-state index is 0. The topological polar surface area (TPSA) is 74.0 Å². The summed E-state index contributed by atoms with van der Waals surface area (Å²) in [5.74, 6) is 7.50. The number of pyridine rings is 1. The number of benzene rings is 4. The first-order valence-corrected chi connectivity index (χ1v) is 23.1. The van der Waals surface area contributed by atoms with Crippen LogP contribution in [-0.2, 0) is 24.9 Å². The van der Waals surface area contributed by atoms with Crippen molar-refractivity contribution in [3.63, 3.8) is 0 Å². The third kappa shape index (κ3) is 7.80. The Morgan fingerprint density at radius 3 is 2.11 bits per heavy atom. The fourth-order valence-electron chi connectivity index (χ4n) is 5.21. The first kappa shape index (κ1) is 37.2. The smallest absolute Gasteiger partial charge is 0 e. The van der Waals surface area contributed by atoms with E-state index in [4.69, 9.17) is 4.98 Å². The van der Waals surface area contributed by atoms with Crippen molar-refractivity contribution in [1.82, 2.24) is 4.98 Å². The minimum atomic E-state index is -2.00. The zero-order chi connectivity index (χ0) is 33.2. The van der Waals surface area contributed by atoms with Gasteiger partial charge in [0.2, 0.25) is 0 Å². The van der Waals surface area contributed by atoms with Gasteiger partial charge >= 0.3 is 179 Å². The van der Waals surface area contributed by atoms with Gasteiger partial charge in [-0.1, -0.05) is 41.5 Å². The van der Waals surface area contributed by atoms with Crippen molar-refractivity contribution in [2.75, 3.05) is 0 Å². The van der Waals surface area contributed by atoms with Crippen LogP contribution in [0.4, 0.5) is 0 Å². The molecule has 1 aromatic heterocycles. The predicted molar refractivity (Wildman–Crippen MR) is 193 cm³/mol. The number of aromatic nitrogens is 1. The molecule has 4 aromatic carbocycles. The molecular formula is C40H45GeIrN2O2-. The fraction of sp³-hybridized carbons (Fsp3) is 0.325. The molecule has 0 aliphatic heterocycles. The van der Waals surface area contributed by atoms with E-state index in [9.17, 15) is 15.2 Å². The van der Waals surface area contributed by atoms with Gasteiger partial charge in [0.05, 0.1) is 0 Å². The molecule has 0 bridgehead atoms. The number of nitrogens with zero attached hydrogens (tertiary/aromatic N) is 2. The Bertz CT molecular complexity index is 1960. The second-order valence-corrected chi connectivity index (χ2v) is 24.7. The average molecular weight is 851 g/mol. The molecule has 241 valence electrons. The first-order chi connectivity index (χ1) is 21.1. The van der Waals surface area contributed by atoms with Gasteiger partial charge < -0.3 is 5.11 Å². The zero-order valence-corrected chi connectivity index (χ0v) is 33.0. The number of aliphatic hydroxyl groups is 1. The summed E-state index contributed by atoms with van der Waals surface area (Å²) in [5.41, 5.74) is 1.71. The molecule has 0 aliphatic rings. The molecule has 1 radical (unpaired) electrons. The van der Waals surface area contributed by atoms with E-state index in [0.29, 0.717) is 5.56 Å². The van der Waals surface area contributed by atoms with E-state index in [1.165, 1.54) is 26.6 Å². The Morgan fingerprint density at radius 1 is 0.870 bits per heavy atom. The Balaban J connectivity index is 0.000000309. The van der Waals surface area contributed by atoms with Crippen molar-refractivity contribution < 1.29 is 30.0 Å². The molecule has 0 spiro atoms. The van der Waals surface area contributed by atoms with Crippen molar-refractivity contribution in [3.05, 3.63) is 96.4 Å². The number of fused-ring (bicyclic) bond motifs is 4. The summed E-state index contributed by atoms with van der Waals surface area (Å²) >= 11 is -2.00. The number of ketones is 1. The third-order valence-electron chi connectivity index (χ3n) is 9.16. The largest absolute Gasteiger partial charge is 0 e. The van der Waals surface area contributed by atoms with Crippen LogP contribution in [0.5, 0.6) is 0 Å². The van der Waals surface area contributed by atoms with Crippen LogP contribution in [0.15, 0.2) is 84.8 Å². The van der Waals surface area contributed by atoms with Crippen LogP contribution in [0, 0.1) is 28.2 Å². The van der Waals surface area contributed by atoms with Crippen LogP contribution in [-0.4, -0.2) is 29.1 Å². The van der Waals surface area contributed by atoms with E-state index in [2.05, 4.69) is 65.8 Å². The van der Waals surface area contributed by atoms with Gasteiger partial charge in [0, 0.05) is 37.0 Å². The maximum absolute atomic E-state index is 11.8. The molecular weight excluding hydrogens is 805 g/mol. The maximum Gasteiger partial charge on any atom is 0 e. The number of carbonyl (C=O) groups is 1. The Morgan fingerprint density at radius 2 is 1.48 bits per heavy atom. The summed E-state index contributed by atoms with van der Waals surface area (Å²) in [5, 5.41) is 26.3. The van der Waals surface area contributed by atoms with Gasteiger partial charge in [-0.25, -0.2) is 0 Å². The summed E-state index contributed by atoms with van der Waals surface area (Å²) in [6, 6.07) is 28.9. The Hall–Kier alpha value is -3.30. The minimum Gasteiger partial charge on any atom is 0 e. The van der Waals surface area contributed by atoms with Crippen LogP contribution >= 0.6 is 0 Å². The van der Waals surface area contributed by atoms with Crippen molar-refractivity contribution in [2.24, 2.45) is 10.8 Å². The molecule has 0 atom stereocenters. The molecule has 4 nitrogen and oxygen atoms in total. The van der Waals surface area contributed by atoms with Gasteiger partial charge in [0.1, 0.15) is 5.76 Å². The van der Waals surface area contributed by atoms with Gasteiger partial charge in [-0.15, -0.1) is 0 Å². The number of allylic oxidation sites excluding steroid dienone is 2. The SMILES string of the molecule is CCC(C)(C)C(=O)/C=C(\O)C(C)(C)CC.[CH3][Ge]([CH3])([CH3])[c]1cccc2c1ccc1c(-c3[c-]c4ccccc4c(C#N)c3)nccc12.[Ir].